The van der Waals surface area contributed by atoms with Crippen molar-refractivity contribution in [1.29, 1.82) is 0 Å². The summed E-state index contributed by atoms with van der Waals surface area (Å²) < 4.78 is 86.6. The van der Waals surface area contributed by atoms with Crippen LogP contribution in [-0.4, -0.2) is 92.0 Å². The number of hydrogen-bond donors (Lipinski definition) is 1. The monoisotopic (exact) mass is 728 g/mol. The molecular weight excluding hydrogens is 689 g/mol. The third-order valence-corrected chi connectivity index (χ3v) is 11.8. The summed E-state index contributed by atoms with van der Waals surface area (Å²) in [7, 11) is -2.73. The highest BCUT2D eigenvalue weighted by molar-refractivity contribution is 7.89. The van der Waals surface area contributed by atoms with Gasteiger partial charge in [-0.3, -0.25) is 9.69 Å². The van der Waals surface area contributed by atoms with E-state index < -0.39 is 50.3 Å². The molecule has 3 aliphatic rings. The lowest BCUT2D eigenvalue weighted by Gasteiger charge is -2.43. The summed E-state index contributed by atoms with van der Waals surface area (Å²) in [6.07, 6.45) is 1.26. The van der Waals surface area contributed by atoms with E-state index in [1.165, 1.54) is 0 Å². The zero-order valence-electron chi connectivity index (χ0n) is 28.0. The molecule has 2 aromatic carbocycles. The molecule has 4 aromatic rings. The van der Waals surface area contributed by atoms with E-state index in [-0.39, 0.29) is 31.9 Å². The highest BCUT2D eigenvalue weighted by atomic mass is 32.2. The predicted octanol–water partition coefficient (Wildman–Crippen LogP) is 3.36. The van der Waals surface area contributed by atoms with Gasteiger partial charge in [-0.1, -0.05) is 35.5 Å². The number of halogens is 3. The van der Waals surface area contributed by atoms with Crippen LogP contribution in [-0.2, 0) is 52.5 Å². The van der Waals surface area contributed by atoms with Gasteiger partial charge in [0.25, 0.3) is 0 Å². The number of carbonyl (C=O) groups is 1. The van der Waals surface area contributed by atoms with Gasteiger partial charge in [-0.2, -0.15) is 17.5 Å². The number of ether oxygens (including phenoxy) is 2. The van der Waals surface area contributed by atoms with Crippen molar-refractivity contribution < 1.29 is 35.9 Å². The van der Waals surface area contributed by atoms with Crippen LogP contribution in [0, 0.1) is 0 Å². The average molecular weight is 729 g/mol. The maximum absolute atomic E-state index is 14.2. The number of fused-ring (bicyclic) bond motifs is 2. The van der Waals surface area contributed by atoms with Crippen LogP contribution >= 0.6 is 0 Å². The van der Waals surface area contributed by atoms with Crippen LogP contribution < -0.4 is 10.1 Å². The lowest BCUT2D eigenvalue weighted by molar-refractivity contribution is -0.137. The minimum absolute atomic E-state index is 0.000266. The fourth-order valence-electron chi connectivity index (χ4n) is 7.01. The van der Waals surface area contributed by atoms with Crippen molar-refractivity contribution in [2.75, 3.05) is 26.2 Å². The van der Waals surface area contributed by atoms with Gasteiger partial charge in [0.15, 0.2) is 0 Å². The number of piperidine rings is 1. The molecule has 1 N–H and O–H groups in total. The molecule has 0 aliphatic carbocycles. The fraction of sp³-hybridized carbons (Fsp3) is 0.471. The van der Waals surface area contributed by atoms with Crippen molar-refractivity contribution in [1.82, 2.24) is 39.1 Å². The normalized spacial score (nSPS) is 22.5. The number of hydrogen-bond acceptors (Lipinski definition) is 9. The van der Waals surface area contributed by atoms with E-state index in [1.54, 1.807) is 17.1 Å². The number of benzene rings is 2. The molecule has 1 amide bonds. The van der Waals surface area contributed by atoms with Crippen LogP contribution in [0.2, 0.25) is 0 Å². The first-order valence-corrected chi connectivity index (χ1v) is 18.2. The highest BCUT2D eigenvalue weighted by Crippen LogP contribution is 2.39. The van der Waals surface area contributed by atoms with E-state index in [0.29, 0.717) is 57.2 Å². The molecule has 5 heterocycles. The van der Waals surface area contributed by atoms with Gasteiger partial charge >= 0.3 is 6.18 Å². The second-order valence-corrected chi connectivity index (χ2v) is 15.3. The summed E-state index contributed by atoms with van der Waals surface area (Å²) in [6.45, 7) is 2.15. The average Bonchev–Trinajstić information content (AvgIpc) is 3.85. The molecular formula is C34H39F3N8O5S. The third-order valence-electron chi connectivity index (χ3n) is 9.94. The van der Waals surface area contributed by atoms with E-state index in [9.17, 15) is 26.4 Å². The van der Waals surface area contributed by atoms with Gasteiger partial charge in [-0.15, -0.1) is 5.10 Å². The van der Waals surface area contributed by atoms with E-state index in [2.05, 4.69) is 25.5 Å². The lowest BCUT2D eigenvalue weighted by atomic mass is 9.84. The largest absolute Gasteiger partial charge is 0.492 e. The van der Waals surface area contributed by atoms with Crippen molar-refractivity contribution in [2.24, 2.45) is 7.05 Å². The number of imidazole rings is 1. The molecule has 2 saturated heterocycles. The molecule has 51 heavy (non-hydrogen) atoms. The van der Waals surface area contributed by atoms with Crippen molar-refractivity contribution in [3.63, 3.8) is 0 Å². The minimum Gasteiger partial charge on any atom is -0.492 e. The summed E-state index contributed by atoms with van der Waals surface area (Å²) in [5.41, 5.74) is -0.320. The molecule has 0 radical (unpaired) electrons. The molecule has 272 valence electrons. The standard InChI is InChI=1S/C34H39F3N8O5S/c1-42-15-12-38-31(42)22-43-13-9-33(10-14-43)11-16-49-29-8-7-25(34(35,36)37)17-30(29)51(47,48)45-21-27(18-28(45)32(46)39-33)50-23-26-20-44(41-40-26)19-24-5-3-2-4-6-24/h2-8,12,15,17,20,27-28H,9-11,13-14,16,18-19,21-23H2,1H3,(H,39,46)/t27-,28+/m1/s1. The topological polar surface area (TPSA) is 137 Å². The van der Waals surface area contributed by atoms with Crippen LogP contribution in [0.25, 0.3) is 0 Å². The SMILES string of the molecule is Cn1ccnc1CN1CCC2(CCOc3ccc(C(F)(F)F)cc3S(=O)(=O)N3C[C@H](OCc4cn(Cc5ccccc5)nn4)C[C@H]3C(=O)N2)CC1. The molecule has 1 spiro atoms. The Morgan fingerprint density at radius 3 is 2.59 bits per heavy atom. The number of amides is 1. The fourth-order valence-corrected chi connectivity index (χ4v) is 8.80. The van der Waals surface area contributed by atoms with E-state index in [1.807, 2.05) is 48.1 Å². The summed E-state index contributed by atoms with van der Waals surface area (Å²) >= 11 is 0. The Balaban J connectivity index is 1.13. The smallest absolute Gasteiger partial charge is 0.416 e. The van der Waals surface area contributed by atoms with Crippen LogP contribution in [0.1, 0.15) is 48.3 Å². The quantitative estimate of drug-likeness (QED) is 0.304. The van der Waals surface area contributed by atoms with Crippen molar-refractivity contribution >= 4 is 15.9 Å². The van der Waals surface area contributed by atoms with Gasteiger partial charge in [0.05, 0.1) is 44.2 Å². The molecule has 0 unspecified atom stereocenters. The summed E-state index contributed by atoms with van der Waals surface area (Å²) in [5, 5.41) is 11.5. The van der Waals surface area contributed by atoms with Crippen LogP contribution in [0.4, 0.5) is 13.2 Å². The second-order valence-electron chi connectivity index (χ2n) is 13.4. The minimum atomic E-state index is -4.80. The Morgan fingerprint density at radius 2 is 1.86 bits per heavy atom. The zero-order chi connectivity index (χ0) is 35.8. The predicted molar refractivity (Wildman–Crippen MR) is 177 cm³/mol. The summed E-state index contributed by atoms with van der Waals surface area (Å²) in [4.78, 5) is 20.2. The molecule has 7 rings (SSSR count). The molecule has 13 nitrogen and oxygen atoms in total. The molecule has 17 heteroatoms. The van der Waals surface area contributed by atoms with Gasteiger partial charge in [0.1, 0.15) is 28.2 Å². The molecule has 2 aromatic heterocycles. The molecule has 0 saturated carbocycles. The Kier molecular flexibility index (Phi) is 9.64. The summed E-state index contributed by atoms with van der Waals surface area (Å²) in [6, 6.07) is 10.9. The number of likely N-dealkylation sites (tertiary alicyclic amines) is 1. The second kappa shape index (κ2) is 14.0. The molecule has 2 atom stereocenters. The van der Waals surface area contributed by atoms with E-state index in [4.69, 9.17) is 9.47 Å². The van der Waals surface area contributed by atoms with Crippen LogP contribution in [0.5, 0.6) is 5.75 Å². The lowest BCUT2D eigenvalue weighted by Crippen LogP contribution is -2.59. The maximum Gasteiger partial charge on any atom is 0.416 e. The van der Waals surface area contributed by atoms with Crippen LogP contribution in [0.3, 0.4) is 0 Å². The number of rotatable bonds is 7. The number of alkyl halides is 3. The third kappa shape index (κ3) is 7.66. The number of nitrogens with zero attached hydrogens (tertiary/aromatic N) is 7. The zero-order valence-corrected chi connectivity index (χ0v) is 28.8. The molecule has 0 bridgehead atoms. The maximum atomic E-state index is 14.2. The van der Waals surface area contributed by atoms with Gasteiger partial charge in [-0.05, 0) is 36.6 Å². The Hall–Kier alpha value is -4.32. The van der Waals surface area contributed by atoms with Gasteiger partial charge in [-0.25, -0.2) is 18.1 Å². The molecule has 3 aliphatic heterocycles. The van der Waals surface area contributed by atoms with Gasteiger partial charge < -0.3 is 19.4 Å². The van der Waals surface area contributed by atoms with Crippen molar-refractivity contribution in [3.05, 3.63) is 89.8 Å². The van der Waals surface area contributed by atoms with Gasteiger partial charge in [0, 0.05) is 57.5 Å². The molecule has 2 fully saturated rings. The number of carbonyl (C=O) groups excluding carboxylic acids is 1. The number of sulfonamides is 1. The first kappa shape index (κ1) is 35.1. The first-order chi connectivity index (χ1) is 24.4. The van der Waals surface area contributed by atoms with Crippen molar-refractivity contribution in [2.45, 2.75) is 74.1 Å². The first-order valence-electron chi connectivity index (χ1n) is 16.8. The van der Waals surface area contributed by atoms with Crippen LogP contribution in [0.15, 0.2) is 72.0 Å². The van der Waals surface area contributed by atoms with E-state index in [0.717, 1.165) is 27.8 Å². The Bertz CT molecular complexity index is 1960. The van der Waals surface area contributed by atoms with Crippen molar-refractivity contribution in [3.8, 4) is 5.75 Å². The Morgan fingerprint density at radius 1 is 1.08 bits per heavy atom. The number of aryl methyl sites for hydroxylation is 1. The highest BCUT2D eigenvalue weighted by Gasteiger charge is 2.48. The number of nitrogens with one attached hydrogen (secondary N) is 1. The summed E-state index contributed by atoms with van der Waals surface area (Å²) in [5.74, 6) is 0.191. The van der Waals surface area contributed by atoms with Gasteiger partial charge in [0.2, 0.25) is 15.9 Å². The Labute approximate surface area is 293 Å². The van der Waals surface area contributed by atoms with E-state index >= 15 is 0 Å². The number of aromatic nitrogens is 5.